The summed E-state index contributed by atoms with van der Waals surface area (Å²) in [5.74, 6) is 0.0902. The second kappa shape index (κ2) is 17.3. The molecule has 0 bridgehead atoms. The molecule has 0 amide bonds. The Labute approximate surface area is 276 Å². The molecule has 0 atom stereocenters. The van der Waals surface area contributed by atoms with Crippen LogP contribution in [0.4, 0.5) is 29.3 Å². The van der Waals surface area contributed by atoms with Crippen molar-refractivity contribution in [2.75, 3.05) is 13.0 Å². The number of rotatable bonds is 11. The maximum absolute atomic E-state index is 12.3. The predicted octanol–water partition coefficient (Wildman–Crippen LogP) is 7.83. The van der Waals surface area contributed by atoms with E-state index in [1.807, 2.05) is 0 Å². The molecule has 0 aliphatic carbocycles. The van der Waals surface area contributed by atoms with Gasteiger partial charge in [-0.05, 0) is 55.4 Å². The van der Waals surface area contributed by atoms with Gasteiger partial charge in [-0.15, -0.1) is 13.2 Å². The smallest absolute Gasteiger partial charge is 0.497 e. The number of carbonyl (C=O) groups excluding carboxylic acids is 1. The molecule has 0 aromatic heterocycles. The first kappa shape index (κ1) is 36.0. The maximum atomic E-state index is 12.3. The molecular weight excluding hydrogens is 672 g/mol. The lowest BCUT2D eigenvalue weighted by Crippen LogP contribution is -2.17. The van der Waals surface area contributed by atoms with E-state index in [0.717, 1.165) is 23.9 Å². The van der Waals surface area contributed by atoms with Gasteiger partial charge < -0.3 is 24.7 Å². The Kier molecular flexibility index (Phi) is 13.5. The topological polar surface area (TPSA) is 141 Å². The lowest BCUT2D eigenvalue weighted by atomic mass is 10.1. The molecule has 11 nitrogen and oxygen atoms in total. The van der Waals surface area contributed by atoms with Gasteiger partial charge in [0.05, 0.1) is 35.2 Å². The molecule has 17 heteroatoms. The number of hydrogen-bond acceptors (Lipinski definition) is 9. The second-order valence-corrected chi connectivity index (χ2v) is 10.7. The van der Waals surface area contributed by atoms with Crippen LogP contribution in [0.1, 0.15) is 25.0 Å². The lowest BCUT2D eigenvalue weighted by Gasteiger charge is -2.10. The monoisotopic (exact) mass is 698 g/mol. The van der Waals surface area contributed by atoms with Crippen molar-refractivity contribution < 1.29 is 36.9 Å². The van der Waals surface area contributed by atoms with Crippen LogP contribution in [0.25, 0.3) is 0 Å². The van der Waals surface area contributed by atoms with Crippen molar-refractivity contribution in [3.63, 3.8) is 0 Å². The highest BCUT2D eigenvalue weighted by Crippen LogP contribution is 2.37. The van der Waals surface area contributed by atoms with Crippen LogP contribution in [0.15, 0.2) is 80.7 Å². The van der Waals surface area contributed by atoms with Crippen molar-refractivity contribution in [1.29, 1.82) is 0 Å². The standard InChI is InChI=1S/C29H27Cl2F3N6O5S/c1-17(2)44-28(41)43-16-46-27(39-25-23(30)12-22(42-3)13-24(25)31)40-38-14-18-4-6-19(7-5-18)26(35)37-15-36-20-8-10-21(11-9-20)45-29(32,33)34/h4-15,17H,16H2,1-3H3,(H,39,40)(H2,35,36,37)/b38-14-. The van der Waals surface area contributed by atoms with Gasteiger partial charge in [-0.1, -0.05) is 47.5 Å². The van der Waals surface area contributed by atoms with E-state index in [9.17, 15) is 18.0 Å². The Bertz CT molecular complexity index is 1580. The summed E-state index contributed by atoms with van der Waals surface area (Å²) in [6, 6.07) is 14.9. The van der Waals surface area contributed by atoms with Crippen molar-refractivity contribution in [3.05, 3.63) is 81.8 Å². The van der Waals surface area contributed by atoms with E-state index < -0.39 is 12.5 Å². The molecule has 0 heterocycles. The first-order chi connectivity index (χ1) is 21.8. The van der Waals surface area contributed by atoms with E-state index in [1.54, 1.807) is 50.2 Å². The number of hydrogen-bond donors (Lipinski definition) is 2. The number of nitrogens with zero attached hydrogens (tertiary/aromatic N) is 4. The normalized spacial score (nSPS) is 12.5. The van der Waals surface area contributed by atoms with Crippen LogP contribution in [-0.2, 0) is 9.47 Å². The summed E-state index contributed by atoms with van der Waals surface area (Å²) in [7, 11) is 1.48. The zero-order valence-electron chi connectivity index (χ0n) is 24.4. The van der Waals surface area contributed by atoms with E-state index in [0.29, 0.717) is 22.6 Å². The van der Waals surface area contributed by atoms with Crippen LogP contribution in [-0.4, -0.2) is 55.2 Å². The molecule has 46 heavy (non-hydrogen) atoms. The van der Waals surface area contributed by atoms with Crippen LogP contribution in [0.5, 0.6) is 11.5 Å². The minimum Gasteiger partial charge on any atom is -0.497 e. The average molecular weight is 700 g/mol. The Balaban J connectivity index is 1.66. The molecule has 0 spiro atoms. The zero-order chi connectivity index (χ0) is 33.7. The van der Waals surface area contributed by atoms with Gasteiger partial charge in [0, 0.05) is 17.7 Å². The van der Waals surface area contributed by atoms with Crippen LogP contribution in [0.2, 0.25) is 10.0 Å². The predicted molar refractivity (Wildman–Crippen MR) is 174 cm³/mol. The molecule has 3 aromatic carbocycles. The van der Waals surface area contributed by atoms with Crippen molar-refractivity contribution in [2.24, 2.45) is 25.8 Å². The fourth-order valence-corrected chi connectivity index (χ4v) is 4.28. The molecule has 0 unspecified atom stereocenters. The number of alkyl halides is 3. The molecule has 244 valence electrons. The molecule has 0 fully saturated rings. The van der Waals surface area contributed by atoms with Crippen LogP contribution >= 0.6 is 35.0 Å². The van der Waals surface area contributed by atoms with E-state index in [-0.39, 0.29) is 44.5 Å². The molecular formula is C29H27Cl2F3N6O5S. The number of thioether (sulfide) groups is 1. The number of nitrogens with one attached hydrogen (secondary N) is 1. The molecule has 0 saturated carbocycles. The van der Waals surface area contributed by atoms with E-state index in [2.05, 4.69) is 30.2 Å². The third-order valence-corrected chi connectivity index (χ3v) is 6.47. The zero-order valence-corrected chi connectivity index (χ0v) is 26.7. The van der Waals surface area contributed by atoms with Gasteiger partial charge in [0.2, 0.25) is 0 Å². The average Bonchev–Trinajstić information content (AvgIpc) is 2.98. The first-order valence-electron chi connectivity index (χ1n) is 13.0. The van der Waals surface area contributed by atoms with Gasteiger partial charge in [0.25, 0.3) is 0 Å². The number of benzene rings is 3. The van der Waals surface area contributed by atoms with Gasteiger partial charge in [-0.3, -0.25) is 5.43 Å². The third kappa shape index (κ3) is 12.5. The number of nitrogens with two attached hydrogens (primary N) is 1. The Morgan fingerprint density at radius 1 is 1.04 bits per heavy atom. The summed E-state index contributed by atoms with van der Waals surface area (Å²) in [6.07, 6.45) is -3.27. The molecule has 3 aromatic rings. The van der Waals surface area contributed by atoms with Crippen LogP contribution < -0.4 is 20.6 Å². The molecule has 3 N–H and O–H groups in total. The molecule has 0 saturated heterocycles. The number of ether oxygens (including phenoxy) is 4. The largest absolute Gasteiger partial charge is 0.573 e. The van der Waals surface area contributed by atoms with Crippen molar-refractivity contribution >= 4 is 76.1 Å². The quantitative estimate of drug-likeness (QED) is 0.0679. The SMILES string of the molecule is COc1cc(Cl)c(N=C(N/N=C\c2ccc(C(N)=NC=Nc3ccc(OC(F)(F)F)cc3)cc2)SCOC(=O)OC(C)C)c(Cl)c1. The molecule has 0 radical (unpaired) electrons. The summed E-state index contributed by atoms with van der Waals surface area (Å²) in [5.41, 5.74) is 10.7. The van der Waals surface area contributed by atoms with Crippen molar-refractivity contribution in [2.45, 2.75) is 26.3 Å². The summed E-state index contributed by atoms with van der Waals surface area (Å²) in [4.78, 5) is 24.3. The Morgan fingerprint density at radius 3 is 2.28 bits per heavy atom. The third-order valence-electron chi connectivity index (χ3n) is 5.20. The summed E-state index contributed by atoms with van der Waals surface area (Å²) >= 11 is 13.7. The van der Waals surface area contributed by atoms with Crippen molar-refractivity contribution in [1.82, 2.24) is 5.43 Å². The highest BCUT2D eigenvalue weighted by Gasteiger charge is 2.30. The highest BCUT2D eigenvalue weighted by atomic mass is 35.5. The summed E-state index contributed by atoms with van der Waals surface area (Å²) < 4.78 is 55.9. The number of hydrazone groups is 1. The van der Waals surface area contributed by atoms with E-state index >= 15 is 0 Å². The van der Waals surface area contributed by atoms with Crippen molar-refractivity contribution in [3.8, 4) is 11.5 Å². The second-order valence-electron chi connectivity index (χ2n) is 8.97. The van der Waals surface area contributed by atoms with Gasteiger partial charge in [0.15, 0.2) is 5.17 Å². The van der Waals surface area contributed by atoms with E-state index in [4.69, 9.17) is 43.1 Å². The number of halogens is 5. The van der Waals surface area contributed by atoms with Crippen LogP contribution in [0, 0.1) is 0 Å². The number of methoxy groups -OCH3 is 1. The summed E-state index contributed by atoms with van der Waals surface area (Å²) in [6.45, 7) is 3.39. The van der Waals surface area contributed by atoms with Crippen LogP contribution in [0.3, 0.4) is 0 Å². The highest BCUT2D eigenvalue weighted by molar-refractivity contribution is 8.13. The molecule has 0 aliphatic rings. The molecule has 3 rings (SSSR count). The van der Waals surface area contributed by atoms with Gasteiger partial charge in [-0.25, -0.2) is 19.8 Å². The first-order valence-corrected chi connectivity index (χ1v) is 14.8. The van der Waals surface area contributed by atoms with Gasteiger partial charge >= 0.3 is 12.5 Å². The van der Waals surface area contributed by atoms with Gasteiger partial charge in [0.1, 0.15) is 35.3 Å². The fraction of sp³-hybridized carbons (Fsp3) is 0.207. The minimum absolute atomic E-state index is 0.146. The number of aliphatic imine (C=N–C) groups is 3. The lowest BCUT2D eigenvalue weighted by molar-refractivity contribution is -0.274. The molecule has 0 aliphatic heterocycles. The maximum Gasteiger partial charge on any atom is 0.573 e. The fourth-order valence-electron chi connectivity index (χ4n) is 3.19. The van der Waals surface area contributed by atoms with Gasteiger partial charge in [-0.2, -0.15) is 5.10 Å². The number of carbonyl (C=O) groups is 1. The summed E-state index contributed by atoms with van der Waals surface area (Å²) in [5, 5.41) is 4.85. The minimum atomic E-state index is -4.78. The number of amidine groups is 2. The van der Waals surface area contributed by atoms with E-state index in [1.165, 1.54) is 31.8 Å². The Morgan fingerprint density at radius 2 is 1.70 bits per heavy atom. The Hall–Kier alpha value is -4.47.